The number of nitrogens with zero attached hydrogens (tertiary/aromatic N) is 1. The van der Waals surface area contributed by atoms with Crippen molar-refractivity contribution in [3.8, 4) is 5.75 Å². The molecule has 19 heavy (non-hydrogen) atoms. The van der Waals surface area contributed by atoms with E-state index in [2.05, 4.69) is 24.1 Å². The van der Waals surface area contributed by atoms with E-state index in [1.165, 1.54) is 13.2 Å². The van der Waals surface area contributed by atoms with Gasteiger partial charge in [0.05, 0.1) is 13.2 Å². The minimum Gasteiger partial charge on any atom is -0.494 e. The summed E-state index contributed by atoms with van der Waals surface area (Å²) in [5.41, 5.74) is 0.636. The second kappa shape index (κ2) is 7.96. The van der Waals surface area contributed by atoms with Gasteiger partial charge in [-0.2, -0.15) is 0 Å². The summed E-state index contributed by atoms with van der Waals surface area (Å²) in [5, 5.41) is 12.9. The third kappa shape index (κ3) is 5.04. The molecule has 0 aliphatic carbocycles. The Balaban J connectivity index is 2.45. The molecule has 0 aliphatic rings. The minimum atomic E-state index is -0.481. The summed E-state index contributed by atoms with van der Waals surface area (Å²) >= 11 is 0. The topological polar surface area (TPSA) is 44.7 Å². The largest absolute Gasteiger partial charge is 0.494 e. The van der Waals surface area contributed by atoms with Crippen LogP contribution < -0.4 is 10.1 Å². The molecule has 1 unspecified atom stereocenters. The number of halogens is 1. The van der Waals surface area contributed by atoms with Crippen molar-refractivity contribution in [2.24, 2.45) is 0 Å². The highest BCUT2D eigenvalue weighted by atomic mass is 19.1. The number of hydrogen-bond acceptors (Lipinski definition) is 4. The Hall–Kier alpha value is -1.33. The number of hydrogen-bond donors (Lipinski definition) is 2. The molecule has 2 N–H and O–H groups in total. The summed E-state index contributed by atoms with van der Waals surface area (Å²) in [4.78, 5) is 2.14. The van der Waals surface area contributed by atoms with E-state index in [-0.39, 0.29) is 5.75 Å². The molecule has 0 spiro atoms. The van der Waals surface area contributed by atoms with Crippen LogP contribution in [0.25, 0.3) is 0 Å². The number of nitrogens with one attached hydrogen (secondary N) is 1. The van der Waals surface area contributed by atoms with Crippen LogP contribution in [0.4, 0.5) is 10.1 Å². The SMILES string of the molecule is CCN(CC)CC(O)CNc1ccc(OC)c(F)c1. The first kappa shape index (κ1) is 15.7. The molecule has 1 rings (SSSR count). The number of rotatable bonds is 8. The van der Waals surface area contributed by atoms with Crippen LogP contribution in [0.1, 0.15) is 13.8 Å². The highest BCUT2D eigenvalue weighted by molar-refractivity contribution is 5.47. The van der Waals surface area contributed by atoms with Crippen LogP contribution in [0.3, 0.4) is 0 Å². The van der Waals surface area contributed by atoms with E-state index in [4.69, 9.17) is 4.74 Å². The molecule has 0 bridgehead atoms. The second-order valence-electron chi connectivity index (χ2n) is 4.37. The summed E-state index contributed by atoms with van der Waals surface area (Å²) < 4.78 is 18.3. The zero-order chi connectivity index (χ0) is 14.3. The van der Waals surface area contributed by atoms with Gasteiger partial charge < -0.3 is 20.1 Å². The zero-order valence-corrected chi connectivity index (χ0v) is 11.8. The van der Waals surface area contributed by atoms with E-state index >= 15 is 0 Å². The summed E-state index contributed by atoms with van der Waals surface area (Å²) in [6.07, 6.45) is -0.481. The molecule has 4 nitrogen and oxygen atoms in total. The van der Waals surface area contributed by atoms with E-state index < -0.39 is 11.9 Å². The van der Waals surface area contributed by atoms with Crippen molar-refractivity contribution in [3.05, 3.63) is 24.0 Å². The third-order valence-electron chi connectivity index (χ3n) is 3.06. The summed E-state index contributed by atoms with van der Waals surface area (Å²) in [6, 6.07) is 4.66. The molecular formula is C14H23FN2O2. The van der Waals surface area contributed by atoms with Gasteiger partial charge in [-0.3, -0.25) is 0 Å². The fourth-order valence-electron chi connectivity index (χ4n) is 1.86. The quantitative estimate of drug-likeness (QED) is 0.758. The molecule has 0 heterocycles. The lowest BCUT2D eigenvalue weighted by Gasteiger charge is -2.22. The Morgan fingerprint density at radius 3 is 2.58 bits per heavy atom. The smallest absolute Gasteiger partial charge is 0.167 e. The Bertz CT molecular complexity index is 384. The lowest BCUT2D eigenvalue weighted by molar-refractivity contribution is 0.128. The summed E-state index contributed by atoms with van der Waals surface area (Å²) in [5.74, 6) is -0.194. The Morgan fingerprint density at radius 2 is 2.05 bits per heavy atom. The number of benzene rings is 1. The first-order valence-electron chi connectivity index (χ1n) is 6.58. The molecular weight excluding hydrogens is 247 g/mol. The zero-order valence-electron chi connectivity index (χ0n) is 11.8. The van der Waals surface area contributed by atoms with Crippen molar-refractivity contribution >= 4 is 5.69 Å². The fraction of sp³-hybridized carbons (Fsp3) is 0.571. The Kier molecular flexibility index (Phi) is 6.59. The normalized spacial score (nSPS) is 12.5. The van der Waals surface area contributed by atoms with Crippen molar-refractivity contribution in [1.82, 2.24) is 4.90 Å². The molecule has 0 aromatic heterocycles. The second-order valence-corrected chi connectivity index (χ2v) is 4.37. The van der Waals surface area contributed by atoms with Gasteiger partial charge in [0.2, 0.25) is 0 Å². The van der Waals surface area contributed by atoms with Crippen LogP contribution >= 0.6 is 0 Å². The lowest BCUT2D eigenvalue weighted by atomic mass is 10.2. The van der Waals surface area contributed by atoms with Crippen molar-refractivity contribution in [3.63, 3.8) is 0 Å². The van der Waals surface area contributed by atoms with Gasteiger partial charge in [0.25, 0.3) is 0 Å². The van der Waals surface area contributed by atoms with Crippen molar-refractivity contribution < 1.29 is 14.2 Å². The number of anilines is 1. The predicted molar refractivity (Wildman–Crippen MR) is 75.2 cm³/mol. The molecule has 0 amide bonds. The maximum Gasteiger partial charge on any atom is 0.167 e. The Labute approximate surface area is 114 Å². The van der Waals surface area contributed by atoms with Gasteiger partial charge >= 0.3 is 0 Å². The maximum absolute atomic E-state index is 13.5. The Morgan fingerprint density at radius 1 is 1.37 bits per heavy atom. The van der Waals surface area contributed by atoms with E-state index in [0.717, 1.165) is 13.1 Å². The standard InChI is InChI=1S/C14H23FN2O2/c1-4-17(5-2)10-12(18)9-16-11-6-7-14(19-3)13(15)8-11/h6-8,12,16,18H,4-5,9-10H2,1-3H3. The first-order valence-corrected chi connectivity index (χ1v) is 6.58. The number of ether oxygens (including phenoxy) is 1. The molecule has 0 radical (unpaired) electrons. The van der Waals surface area contributed by atoms with Crippen LogP contribution in [0.5, 0.6) is 5.75 Å². The molecule has 1 aromatic carbocycles. The first-order chi connectivity index (χ1) is 9.10. The highest BCUT2D eigenvalue weighted by Gasteiger charge is 2.09. The summed E-state index contributed by atoms with van der Waals surface area (Å²) in [7, 11) is 1.43. The van der Waals surface area contributed by atoms with Crippen molar-refractivity contribution in [2.75, 3.05) is 38.6 Å². The molecule has 0 saturated carbocycles. The predicted octanol–water partition coefficient (Wildman–Crippen LogP) is 1.95. The van der Waals surface area contributed by atoms with Crippen LogP contribution in [-0.4, -0.2) is 49.4 Å². The molecule has 5 heteroatoms. The lowest BCUT2D eigenvalue weighted by Crippen LogP contribution is -2.35. The van der Waals surface area contributed by atoms with Gasteiger partial charge in [0, 0.05) is 24.8 Å². The van der Waals surface area contributed by atoms with Gasteiger partial charge in [-0.15, -0.1) is 0 Å². The van der Waals surface area contributed by atoms with Gasteiger partial charge in [-0.1, -0.05) is 13.8 Å². The fourth-order valence-corrected chi connectivity index (χ4v) is 1.86. The number of likely N-dealkylation sites (N-methyl/N-ethyl adjacent to an activating group) is 1. The maximum atomic E-state index is 13.5. The summed E-state index contributed by atoms with van der Waals surface area (Å²) in [6.45, 7) is 6.93. The average Bonchev–Trinajstić information content (AvgIpc) is 2.42. The molecule has 0 saturated heterocycles. The number of aliphatic hydroxyl groups is 1. The molecule has 0 aliphatic heterocycles. The van der Waals surface area contributed by atoms with E-state index in [0.29, 0.717) is 18.8 Å². The molecule has 0 fully saturated rings. The van der Waals surface area contributed by atoms with E-state index in [1.54, 1.807) is 12.1 Å². The van der Waals surface area contributed by atoms with Crippen molar-refractivity contribution in [2.45, 2.75) is 20.0 Å². The average molecular weight is 270 g/mol. The molecule has 1 aromatic rings. The van der Waals surface area contributed by atoms with Crippen LogP contribution in [0.15, 0.2) is 18.2 Å². The van der Waals surface area contributed by atoms with Crippen molar-refractivity contribution in [1.29, 1.82) is 0 Å². The van der Waals surface area contributed by atoms with Gasteiger partial charge in [-0.25, -0.2) is 4.39 Å². The third-order valence-corrected chi connectivity index (χ3v) is 3.06. The number of methoxy groups -OCH3 is 1. The van der Waals surface area contributed by atoms with Gasteiger partial charge in [0.1, 0.15) is 0 Å². The van der Waals surface area contributed by atoms with Crippen LogP contribution in [-0.2, 0) is 0 Å². The highest BCUT2D eigenvalue weighted by Crippen LogP contribution is 2.20. The van der Waals surface area contributed by atoms with E-state index in [9.17, 15) is 9.50 Å². The molecule has 108 valence electrons. The van der Waals surface area contributed by atoms with E-state index in [1.807, 2.05) is 0 Å². The monoisotopic (exact) mass is 270 g/mol. The molecule has 1 atom stereocenters. The van der Waals surface area contributed by atoms with Gasteiger partial charge in [0.15, 0.2) is 11.6 Å². The minimum absolute atomic E-state index is 0.217. The number of aliphatic hydroxyl groups excluding tert-OH is 1. The van der Waals surface area contributed by atoms with Crippen LogP contribution in [0, 0.1) is 5.82 Å². The van der Waals surface area contributed by atoms with Crippen LogP contribution in [0.2, 0.25) is 0 Å². The van der Waals surface area contributed by atoms with Gasteiger partial charge in [-0.05, 0) is 25.2 Å².